The third-order valence-corrected chi connectivity index (χ3v) is 5.19. The van der Waals surface area contributed by atoms with Gasteiger partial charge in [0.2, 0.25) is 5.82 Å². The number of aryl methyl sites for hydroxylation is 1. The van der Waals surface area contributed by atoms with E-state index >= 15 is 0 Å². The molecule has 0 saturated carbocycles. The molecule has 0 aliphatic carbocycles. The van der Waals surface area contributed by atoms with E-state index in [1.165, 1.54) is 42.5 Å². The SMILES string of the molecule is Cc1cnc(C(=O)N[C@H]2COc3cc(Cl)cnc3N(C)C2=O)nc1-c1ccc(C#N)cc1F. The van der Waals surface area contributed by atoms with Gasteiger partial charge >= 0.3 is 0 Å². The number of nitrogens with zero attached hydrogens (tertiary/aromatic N) is 5. The van der Waals surface area contributed by atoms with Crippen LogP contribution in [-0.2, 0) is 4.79 Å². The summed E-state index contributed by atoms with van der Waals surface area (Å²) in [6.45, 7) is 1.51. The highest BCUT2D eigenvalue weighted by Gasteiger charge is 2.32. The number of halogens is 2. The third kappa shape index (κ3) is 4.31. The molecule has 2 amide bonds. The van der Waals surface area contributed by atoms with Crippen molar-refractivity contribution in [1.29, 1.82) is 5.26 Å². The van der Waals surface area contributed by atoms with Gasteiger partial charge in [-0.1, -0.05) is 11.6 Å². The zero-order valence-electron chi connectivity index (χ0n) is 17.5. The number of fused-ring (bicyclic) bond motifs is 1. The summed E-state index contributed by atoms with van der Waals surface area (Å²) in [6.07, 6.45) is 2.77. The molecule has 1 atom stereocenters. The first-order valence-corrected chi connectivity index (χ1v) is 10.1. The number of rotatable bonds is 3. The molecule has 9 nitrogen and oxygen atoms in total. The van der Waals surface area contributed by atoms with Gasteiger partial charge in [0.15, 0.2) is 11.6 Å². The van der Waals surface area contributed by atoms with E-state index in [2.05, 4.69) is 20.3 Å². The summed E-state index contributed by atoms with van der Waals surface area (Å²) in [7, 11) is 1.50. The standard InChI is InChI=1S/C22H16ClFN6O3/c1-11-8-26-19(29-18(11)14-4-3-12(7-25)5-15(14)24)21(31)28-16-10-33-17-6-13(23)9-27-20(17)30(2)22(16)32/h3-6,8-9,16H,10H2,1-2H3,(H,28,31)/t16-/m0/s1. The lowest BCUT2D eigenvalue weighted by molar-refractivity contribution is -0.120. The molecular formula is C22H16ClFN6O3. The van der Waals surface area contributed by atoms with Crippen molar-refractivity contribution >= 4 is 29.2 Å². The van der Waals surface area contributed by atoms with Gasteiger partial charge in [0, 0.05) is 31.1 Å². The number of nitriles is 1. The Kier molecular flexibility index (Phi) is 5.89. The van der Waals surface area contributed by atoms with Crippen LogP contribution in [0.1, 0.15) is 21.7 Å². The van der Waals surface area contributed by atoms with Crippen LogP contribution in [0.15, 0.2) is 36.7 Å². The van der Waals surface area contributed by atoms with Gasteiger partial charge in [0.25, 0.3) is 11.8 Å². The average Bonchev–Trinajstić information content (AvgIpc) is 2.91. The van der Waals surface area contributed by atoms with Gasteiger partial charge in [0.05, 0.1) is 22.3 Å². The molecule has 0 unspecified atom stereocenters. The lowest BCUT2D eigenvalue weighted by Gasteiger charge is -2.19. The molecule has 3 aromatic rings. The number of amides is 2. The Balaban J connectivity index is 1.59. The fourth-order valence-corrected chi connectivity index (χ4v) is 3.43. The van der Waals surface area contributed by atoms with Crippen LogP contribution in [0.3, 0.4) is 0 Å². The van der Waals surface area contributed by atoms with E-state index in [1.807, 2.05) is 6.07 Å². The Morgan fingerprint density at radius 1 is 1.33 bits per heavy atom. The van der Waals surface area contributed by atoms with Gasteiger partial charge in [-0.15, -0.1) is 0 Å². The van der Waals surface area contributed by atoms with Crippen molar-refractivity contribution in [2.75, 3.05) is 18.6 Å². The van der Waals surface area contributed by atoms with Crippen molar-refractivity contribution in [3.8, 4) is 23.1 Å². The molecule has 3 heterocycles. The summed E-state index contributed by atoms with van der Waals surface area (Å²) in [5, 5.41) is 11.8. The number of carbonyl (C=O) groups is 2. The molecule has 33 heavy (non-hydrogen) atoms. The molecule has 4 rings (SSSR count). The largest absolute Gasteiger partial charge is 0.487 e. The van der Waals surface area contributed by atoms with Crippen LogP contribution in [0, 0.1) is 24.1 Å². The van der Waals surface area contributed by atoms with Crippen LogP contribution in [0.4, 0.5) is 10.2 Å². The molecule has 0 bridgehead atoms. The van der Waals surface area contributed by atoms with Crippen LogP contribution in [-0.4, -0.2) is 46.5 Å². The highest BCUT2D eigenvalue weighted by atomic mass is 35.5. The molecule has 2 aromatic heterocycles. The van der Waals surface area contributed by atoms with Crippen LogP contribution < -0.4 is 15.0 Å². The minimum Gasteiger partial charge on any atom is -0.487 e. The number of hydrogen-bond donors (Lipinski definition) is 1. The molecule has 1 aliphatic heterocycles. The minimum absolute atomic E-state index is 0.120. The fraction of sp³-hybridized carbons (Fsp3) is 0.182. The normalized spacial score (nSPS) is 15.2. The van der Waals surface area contributed by atoms with Crippen LogP contribution in [0.25, 0.3) is 11.3 Å². The Morgan fingerprint density at radius 3 is 2.85 bits per heavy atom. The number of nitrogens with one attached hydrogen (secondary N) is 1. The Bertz CT molecular complexity index is 1330. The Morgan fingerprint density at radius 2 is 2.12 bits per heavy atom. The number of anilines is 1. The lowest BCUT2D eigenvalue weighted by atomic mass is 10.1. The van der Waals surface area contributed by atoms with E-state index in [0.29, 0.717) is 16.3 Å². The third-order valence-electron chi connectivity index (χ3n) is 4.98. The summed E-state index contributed by atoms with van der Waals surface area (Å²) in [5.74, 6) is -1.52. The maximum atomic E-state index is 14.5. The topological polar surface area (TPSA) is 121 Å². The van der Waals surface area contributed by atoms with E-state index in [9.17, 15) is 14.0 Å². The second-order valence-electron chi connectivity index (χ2n) is 7.24. The summed E-state index contributed by atoms with van der Waals surface area (Å²) >= 11 is 5.95. The molecule has 1 aliphatic rings. The van der Waals surface area contributed by atoms with E-state index in [4.69, 9.17) is 21.6 Å². The van der Waals surface area contributed by atoms with E-state index in [1.54, 1.807) is 6.92 Å². The molecule has 0 saturated heterocycles. The molecular weight excluding hydrogens is 451 g/mol. The van der Waals surface area contributed by atoms with E-state index in [-0.39, 0.29) is 35.1 Å². The molecule has 1 N–H and O–H groups in total. The van der Waals surface area contributed by atoms with Gasteiger partial charge in [0.1, 0.15) is 18.5 Å². The monoisotopic (exact) mass is 466 g/mol. The molecule has 11 heteroatoms. The van der Waals surface area contributed by atoms with Crippen LogP contribution in [0.2, 0.25) is 5.02 Å². The molecule has 0 fully saturated rings. The van der Waals surface area contributed by atoms with Crippen molar-refractivity contribution in [1.82, 2.24) is 20.3 Å². The van der Waals surface area contributed by atoms with Crippen molar-refractivity contribution < 1.29 is 18.7 Å². The van der Waals surface area contributed by atoms with Crippen molar-refractivity contribution in [2.24, 2.45) is 0 Å². The van der Waals surface area contributed by atoms with Crippen LogP contribution in [0.5, 0.6) is 5.75 Å². The Hall–Kier alpha value is -4.10. The highest BCUT2D eigenvalue weighted by Crippen LogP contribution is 2.30. The number of benzene rings is 1. The second kappa shape index (κ2) is 8.80. The Labute approximate surface area is 192 Å². The number of aromatic nitrogens is 3. The fourth-order valence-electron chi connectivity index (χ4n) is 3.28. The van der Waals surface area contributed by atoms with Gasteiger partial charge in [-0.25, -0.2) is 19.3 Å². The average molecular weight is 467 g/mol. The van der Waals surface area contributed by atoms with Crippen LogP contribution >= 0.6 is 11.6 Å². The predicted molar refractivity (Wildman–Crippen MR) is 116 cm³/mol. The minimum atomic E-state index is -1.05. The maximum absolute atomic E-state index is 14.5. The molecule has 0 spiro atoms. The first-order chi connectivity index (χ1) is 15.8. The number of likely N-dealkylation sites (N-methyl/N-ethyl adjacent to an activating group) is 1. The predicted octanol–water partition coefficient (Wildman–Crippen LogP) is 2.67. The van der Waals surface area contributed by atoms with Gasteiger partial charge < -0.3 is 10.1 Å². The first kappa shape index (κ1) is 22.1. The number of ether oxygens (including phenoxy) is 1. The van der Waals surface area contributed by atoms with Crippen molar-refractivity contribution in [2.45, 2.75) is 13.0 Å². The summed E-state index contributed by atoms with van der Waals surface area (Å²) in [5.41, 5.74) is 1.01. The maximum Gasteiger partial charge on any atom is 0.289 e. The first-order valence-electron chi connectivity index (χ1n) is 9.69. The number of carbonyl (C=O) groups excluding carboxylic acids is 2. The van der Waals surface area contributed by atoms with Gasteiger partial charge in [-0.3, -0.25) is 14.5 Å². The summed E-state index contributed by atoms with van der Waals surface area (Å²) in [4.78, 5) is 39.3. The zero-order chi connectivity index (χ0) is 23.7. The number of pyridine rings is 1. The highest BCUT2D eigenvalue weighted by molar-refractivity contribution is 6.30. The van der Waals surface area contributed by atoms with Gasteiger partial charge in [-0.05, 0) is 30.7 Å². The smallest absolute Gasteiger partial charge is 0.289 e. The number of hydrogen-bond acceptors (Lipinski definition) is 7. The summed E-state index contributed by atoms with van der Waals surface area (Å²) < 4.78 is 20.1. The quantitative estimate of drug-likeness (QED) is 0.629. The zero-order valence-corrected chi connectivity index (χ0v) is 18.2. The molecule has 0 radical (unpaired) electrons. The van der Waals surface area contributed by atoms with Gasteiger partial charge in [-0.2, -0.15) is 5.26 Å². The second-order valence-corrected chi connectivity index (χ2v) is 7.68. The molecule has 1 aromatic carbocycles. The van der Waals surface area contributed by atoms with E-state index in [0.717, 1.165) is 6.07 Å². The molecule has 166 valence electrons. The van der Waals surface area contributed by atoms with Crippen molar-refractivity contribution in [3.05, 3.63) is 64.5 Å². The van der Waals surface area contributed by atoms with E-state index < -0.39 is 23.7 Å². The lowest BCUT2D eigenvalue weighted by Crippen LogP contribution is -2.49. The van der Waals surface area contributed by atoms with Crippen molar-refractivity contribution in [3.63, 3.8) is 0 Å². The summed E-state index contributed by atoms with van der Waals surface area (Å²) in [6, 6.07) is 6.30.